The number of carboxylic acid groups (broad SMARTS) is 1. The maximum absolute atomic E-state index is 11.4. The molecule has 1 aromatic rings. The van der Waals surface area contributed by atoms with Gasteiger partial charge in [0.2, 0.25) is 0 Å². The van der Waals surface area contributed by atoms with Gasteiger partial charge in [-0.2, -0.15) is 0 Å². The zero-order valence-corrected chi connectivity index (χ0v) is 12.1. The molecule has 0 amide bonds. The maximum Gasteiger partial charge on any atom is 0.343 e. The highest BCUT2D eigenvalue weighted by Crippen LogP contribution is 2.26. The van der Waals surface area contributed by atoms with Gasteiger partial charge in [-0.15, -0.1) is 0 Å². The van der Waals surface area contributed by atoms with Gasteiger partial charge in [0.1, 0.15) is 5.56 Å². The van der Waals surface area contributed by atoms with Crippen molar-refractivity contribution in [3.05, 3.63) is 39.4 Å². The molecule has 1 unspecified atom stereocenters. The van der Waals surface area contributed by atoms with Crippen molar-refractivity contribution >= 4 is 11.7 Å². The molecule has 21 heavy (non-hydrogen) atoms. The van der Waals surface area contributed by atoms with Crippen LogP contribution in [0.25, 0.3) is 0 Å². The van der Waals surface area contributed by atoms with Crippen LogP contribution in [0, 0.1) is 10.1 Å². The standard InChI is InChI=1S/C15H20N2O4/c1-11-6-3-2-4-9-16(11)10-12-7-5-8-13(17(20)21)14(12)15(18)19/h5,7-8,11H,2-4,6,9-10H2,1H3,(H,18,19). The van der Waals surface area contributed by atoms with Crippen molar-refractivity contribution in [2.24, 2.45) is 0 Å². The van der Waals surface area contributed by atoms with E-state index in [1.54, 1.807) is 12.1 Å². The van der Waals surface area contributed by atoms with Crippen molar-refractivity contribution < 1.29 is 14.8 Å². The van der Waals surface area contributed by atoms with Crippen molar-refractivity contribution in [2.45, 2.75) is 45.2 Å². The molecule has 1 aromatic carbocycles. The van der Waals surface area contributed by atoms with Crippen LogP contribution in [0.4, 0.5) is 5.69 Å². The molecule has 0 spiro atoms. The monoisotopic (exact) mass is 292 g/mol. The van der Waals surface area contributed by atoms with E-state index in [0.29, 0.717) is 18.2 Å². The van der Waals surface area contributed by atoms with Crippen LogP contribution in [0.2, 0.25) is 0 Å². The number of rotatable bonds is 4. The third-order valence-corrected chi connectivity index (χ3v) is 4.10. The second kappa shape index (κ2) is 6.67. The van der Waals surface area contributed by atoms with E-state index in [9.17, 15) is 20.0 Å². The molecule has 2 rings (SSSR count). The van der Waals surface area contributed by atoms with Gasteiger partial charge in [-0.05, 0) is 31.9 Å². The third kappa shape index (κ3) is 3.58. The van der Waals surface area contributed by atoms with Crippen molar-refractivity contribution in [1.29, 1.82) is 0 Å². The van der Waals surface area contributed by atoms with Crippen LogP contribution in [0.15, 0.2) is 18.2 Å². The first-order valence-corrected chi connectivity index (χ1v) is 7.24. The lowest BCUT2D eigenvalue weighted by atomic mass is 10.0. The zero-order chi connectivity index (χ0) is 15.4. The van der Waals surface area contributed by atoms with Gasteiger partial charge in [0, 0.05) is 18.7 Å². The highest BCUT2D eigenvalue weighted by Gasteiger charge is 2.26. The van der Waals surface area contributed by atoms with Gasteiger partial charge >= 0.3 is 5.97 Å². The van der Waals surface area contributed by atoms with Crippen LogP contribution in [-0.4, -0.2) is 33.5 Å². The topological polar surface area (TPSA) is 83.7 Å². The Balaban J connectivity index is 2.32. The lowest BCUT2D eigenvalue weighted by molar-refractivity contribution is -0.385. The highest BCUT2D eigenvalue weighted by atomic mass is 16.6. The molecule has 1 aliphatic heterocycles. The normalized spacial score (nSPS) is 20.0. The van der Waals surface area contributed by atoms with E-state index in [-0.39, 0.29) is 11.3 Å². The summed E-state index contributed by atoms with van der Waals surface area (Å²) >= 11 is 0. The van der Waals surface area contributed by atoms with Gasteiger partial charge in [0.25, 0.3) is 5.69 Å². The van der Waals surface area contributed by atoms with Gasteiger partial charge in [-0.25, -0.2) is 4.79 Å². The van der Waals surface area contributed by atoms with Gasteiger partial charge in [-0.1, -0.05) is 25.0 Å². The Bertz CT molecular complexity index is 544. The largest absolute Gasteiger partial charge is 0.477 e. The molecular formula is C15H20N2O4. The summed E-state index contributed by atoms with van der Waals surface area (Å²) in [6, 6.07) is 4.85. The molecule has 1 atom stereocenters. The molecule has 0 aromatic heterocycles. The Hall–Kier alpha value is -1.95. The molecule has 1 fully saturated rings. The van der Waals surface area contributed by atoms with Crippen LogP contribution in [0.3, 0.4) is 0 Å². The summed E-state index contributed by atoms with van der Waals surface area (Å²) in [7, 11) is 0. The van der Waals surface area contributed by atoms with Crippen molar-refractivity contribution in [1.82, 2.24) is 4.90 Å². The summed E-state index contributed by atoms with van der Waals surface area (Å²) in [6.45, 7) is 3.48. The van der Waals surface area contributed by atoms with E-state index in [1.807, 2.05) is 0 Å². The van der Waals surface area contributed by atoms with Gasteiger partial charge < -0.3 is 5.11 Å². The number of nitro benzene ring substituents is 1. The Morgan fingerprint density at radius 2 is 2.19 bits per heavy atom. The summed E-state index contributed by atoms with van der Waals surface area (Å²) in [4.78, 5) is 24.0. The van der Waals surface area contributed by atoms with E-state index in [0.717, 1.165) is 19.4 Å². The number of aromatic carboxylic acids is 1. The number of carbonyl (C=O) groups is 1. The average molecular weight is 292 g/mol. The van der Waals surface area contributed by atoms with E-state index in [1.165, 1.54) is 18.9 Å². The van der Waals surface area contributed by atoms with Crippen LogP contribution in [-0.2, 0) is 6.54 Å². The predicted octanol–water partition coefficient (Wildman–Crippen LogP) is 3.06. The zero-order valence-electron chi connectivity index (χ0n) is 12.1. The number of nitrogens with zero attached hydrogens (tertiary/aromatic N) is 2. The van der Waals surface area contributed by atoms with E-state index < -0.39 is 10.9 Å². The summed E-state index contributed by atoms with van der Waals surface area (Å²) in [5.41, 5.74) is 0.00636. The number of carboxylic acids is 1. The number of hydrogen-bond donors (Lipinski definition) is 1. The minimum Gasteiger partial charge on any atom is -0.477 e. The molecule has 1 N–H and O–H groups in total. The molecule has 0 radical (unpaired) electrons. The molecule has 0 aliphatic carbocycles. The second-order valence-corrected chi connectivity index (χ2v) is 5.54. The van der Waals surface area contributed by atoms with E-state index in [2.05, 4.69) is 11.8 Å². The minimum absolute atomic E-state index is 0.182. The van der Waals surface area contributed by atoms with Crippen molar-refractivity contribution in [3.63, 3.8) is 0 Å². The first kappa shape index (κ1) is 15.4. The quantitative estimate of drug-likeness (QED) is 0.681. The lowest BCUT2D eigenvalue weighted by Gasteiger charge is -2.27. The molecule has 114 valence electrons. The predicted molar refractivity (Wildman–Crippen MR) is 78.4 cm³/mol. The Morgan fingerprint density at radius 1 is 1.43 bits per heavy atom. The first-order valence-electron chi connectivity index (χ1n) is 7.24. The maximum atomic E-state index is 11.4. The molecule has 1 saturated heterocycles. The van der Waals surface area contributed by atoms with Crippen LogP contribution < -0.4 is 0 Å². The summed E-state index contributed by atoms with van der Waals surface area (Å²) in [5.74, 6) is -1.24. The summed E-state index contributed by atoms with van der Waals surface area (Å²) in [5, 5.41) is 20.3. The molecule has 6 nitrogen and oxygen atoms in total. The first-order chi connectivity index (χ1) is 10.0. The molecule has 6 heteroatoms. The Labute approximate surface area is 123 Å². The number of nitro groups is 1. The fourth-order valence-electron chi connectivity index (χ4n) is 2.91. The number of benzene rings is 1. The molecular weight excluding hydrogens is 272 g/mol. The summed E-state index contributed by atoms with van der Waals surface area (Å²) in [6.07, 6.45) is 4.53. The van der Waals surface area contributed by atoms with Crippen molar-refractivity contribution in [2.75, 3.05) is 6.54 Å². The Morgan fingerprint density at radius 3 is 2.86 bits per heavy atom. The number of likely N-dealkylation sites (tertiary alicyclic amines) is 1. The van der Waals surface area contributed by atoms with Gasteiger partial charge in [0.15, 0.2) is 0 Å². The molecule has 1 heterocycles. The fourth-order valence-corrected chi connectivity index (χ4v) is 2.91. The molecule has 1 aliphatic rings. The molecule has 0 saturated carbocycles. The SMILES string of the molecule is CC1CCCCCN1Cc1cccc([N+](=O)[O-])c1C(=O)O. The van der Waals surface area contributed by atoms with Gasteiger partial charge in [-0.3, -0.25) is 15.0 Å². The van der Waals surface area contributed by atoms with Crippen LogP contribution in [0.5, 0.6) is 0 Å². The van der Waals surface area contributed by atoms with Crippen LogP contribution in [0.1, 0.15) is 48.5 Å². The van der Waals surface area contributed by atoms with Crippen LogP contribution >= 0.6 is 0 Å². The average Bonchev–Trinajstić information content (AvgIpc) is 2.63. The third-order valence-electron chi connectivity index (χ3n) is 4.10. The van der Waals surface area contributed by atoms with Crippen molar-refractivity contribution in [3.8, 4) is 0 Å². The van der Waals surface area contributed by atoms with E-state index in [4.69, 9.17) is 0 Å². The van der Waals surface area contributed by atoms with E-state index >= 15 is 0 Å². The van der Waals surface area contributed by atoms with Gasteiger partial charge in [0.05, 0.1) is 4.92 Å². The minimum atomic E-state index is -1.24. The second-order valence-electron chi connectivity index (χ2n) is 5.54. The Kier molecular flexibility index (Phi) is 4.90. The summed E-state index contributed by atoms with van der Waals surface area (Å²) < 4.78 is 0. The molecule has 0 bridgehead atoms. The lowest BCUT2D eigenvalue weighted by Crippen LogP contribution is -2.32. The fraction of sp³-hybridized carbons (Fsp3) is 0.533. The highest BCUT2D eigenvalue weighted by molar-refractivity contribution is 5.94. The number of hydrogen-bond acceptors (Lipinski definition) is 4. The smallest absolute Gasteiger partial charge is 0.343 e.